The van der Waals surface area contributed by atoms with Crippen LogP contribution in [0.3, 0.4) is 0 Å². The van der Waals surface area contributed by atoms with E-state index in [1.165, 1.54) is 36.8 Å². The molecule has 112 valence electrons. The summed E-state index contributed by atoms with van der Waals surface area (Å²) in [7, 11) is 4.40. The molecule has 1 aromatic rings. The SMILES string of the molecule is Cc1ccc(CC(N)C2(N(C)C)CCCC(C)C2)cc1. The Morgan fingerprint density at radius 3 is 2.50 bits per heavy atom. The van der Waals surface area contributed by atoms with E-state index in [-0.39, 0.29) is 11.6 Å². The van der Waals surface area contributed by atoms with Gasteiger partial charge in [-0.1, -0.05) is 49.6 Å². The van der Waals surface area contributed by atoms with Crippen LogP contribution >= 0.6 is 0 Å². The molecule has 0 aliphatic heterocycles. The highest BCUT2D eigenvalue weighted by atomic mass is 15.2. The summed E-state index contributed by atoms with van der Waals surface area (Å²) < 4.78 is 0. The lowest BCUT2D eigenvalue weighted by Crippen LogP contribution is -2.60. The summed E-state index contributed by atoms with van der Waals surface area (Å²) >= 11 is 0. The van der Waals surface area contributed by atoms with Crippen LogP contribution in [0.4, 0.5) is 0 Å². The van der Waals surface area contributed by atoms with Crippen molar-refractivity contribution in [3.63, 3.8) is 0 Å². The van der Waals surface area contributed by atoms with Crippen molar-refractivity contribution in [1.29, 1.82) is 0 Å². The van der Waals surface area contributed by atoms with Gasteiger partial charge in [0.25, 0.3) is 0 Å². The Labute approximate surface area is 124 Å². The molecule has 2 N–H and O–H groups in total. The molecule has 0 bridgehead atoms. The van der Waals surface area contributed by atoms with Crippen LogP contribution in [0.15, 0.2) is 24.3 Å². The predicted octanol–water partition coefficient (Wildman–Crippen LogP) is 3.38. The summed E-state index contributed by atoms with van der Waals surface area (Å²) in [6.45, 7) is 4.50. The fourth-order valence-corrected chi connectivity index (χ4v) is 3.81. The first-order chi connectivity index (χ1) is 9.44. The molecule has 0 heterocycles. The number of benzene rings is 1. The smallest absolute Gasteiger partial charge is 0.0360 e. The molecule has 0 amide bonds. The van der Waals surface area contributed by atoms with E-state index >= 15 is 0 Å². The zero-order chi connectivity index (χ0) is 14.8. The van der Waals surface area contributed by atoms with Crippen LogP contribution in [-0.2, 0) is 6.42 Å². The first-order valence-corrected chi connectivity index (χ1v) is 7.92. The lowest BCUT2D eigenvalue weighted by Gasteiger charge is -2.49. The number of hydrogen-bond acceptors (Lipinski definition) is 2. The van der Waals surface area contributed by atoms with E-state index in [9.17, 15) is 0 Å². The van der Waals surface area contributed by atoms with Crippen LogP contribution in [0.25, 0.3) is 0 Å². The van der Waals surface area contributed by atoms with Gasteiger partial charge < -0.3 is 10.6 Å². The van der Waals surface area contributed by atoms with Gasteiger partial charge >= 0.3 is 0 Å². The zero-order valence-electron chi connectivity index (χ0n) is 13.5. The Morgan fingerprint density at radius 2 is 1.95 bits per heavy atom. The molecule has 1 aromatic carbocycles. The minimum Gasteiger partial charge on any atom is -0.326 e. The molecule has 1 aliphatic rings. The normalized spacial score (nSPS) is 28.6. The van der Waals surface area contributed by atoms with Gasteiger partial charge in [0.2, 0.25) is 0 Å². The van der Waals surface area contributed by atoms with Gasteiger partial charge in [0.15, 0.2) is 0 Å². The summed E-state index contributed by atoms with van der Waals surface area (Å²) in [6, 6.07) is 9.04. The minimum atomic E-state index is 0.169. The lowest BCUT2D eigenvalue weighted by atomic mass is 9.70. The monoisotopic (exact) mass is 274 g/mol. The van der Waals surface area contributed by atoms with Crippen LogP contribution in [0.1, 0.15) is 43.7 Å². The van der Waals surface area contributed by atoms with Crippen molar-refractivity contribution >= 4 is 0 Å². The summed E-state index contributed by atoms with van der Waals surface area (Å²) in [4.78, 5) is 2.39. The molecule has 1 fully saturated rings. The van der Waals surface area contributed by atoms with Crippen LogP contribution in [0, 0.1) is 12.8 Å². The molecule has 0 saturated heterocycles. The first kappa shape index (κ1) is 15.5. The van der Waals surface area contributed by atoms with E-state index in [0.29, 0.717) is 0 Å². The Balaban J connectivity index is 2.14. The maximum atomic E-state index is 6.67. The number of nitrogens with two attached hydrogens (primary N) is 1. The number of likely N-dealkylation sites (N-methyl/N-ethyl adjacent to an activating group) is 1. The van der Waals surface area contributed by atoms with Crippen molar-refractivity contribution < 1.29 is 0 Å². The van der Waals surface area contributed by atoms with Gasteiger partial charge in [-0.05, 0) is 51.8 Å². The van der Waals surface area contributed by atoms with E-state index in [1.54, 1.807) is 0 Å². The van der Waals surface area contributed by atoms with Gasteiger partial charge in [0.1, 0.15) is 0 Å². The van der Waals surface area contributed by atoms with Crippen molar-refractivity contribution in [3.8, 4) is 0 Å². The van der Waals surface area contributed by atoms with E-state index in [1.807, 2.05) is 0 Å². The topological polar surface area (TPSA) is 29.3 Å². The molecule has 2 nitrogen and oxygen atoms in total. The third-order valence-electron chi connectivity index (χ3n) is 5.17. The largest absolute Gasteiger partial charge is 0.326 e. The van der Waals surface area contributed by atoms with Crippen LogP contribution in [-0.4, -0.2) is 30.6 Å². The fourth-order valence-electron chi connectivity index (χ4n) is 3.81. The average Bonchev–Trinajstić information content (AvgIpc) is 2.41. The van der Waals surface area contributed by atoms with Gasteiger partial charge in [-0.25, -0.2) is 0 Å². The molecule has 20 heavy (non-hydrogen) atoms. The highest BCUT2D eigenvalue weighted by Crippen LogP contribution is 2.38. The second kappa shape index (κ2) is 6.28. The van der Waals surface area contributed by atoms with E-state index in [0.717, 1.165) is 12.3 Å². The van der Waals surface area contributed by atoms with E-state index in [4.69, 9.17) is 5.73 Å². The number of nitrogens with zero attached hydrogens (tertiary/aromatic N) is 1. The Kier molecular flexibility index (Phi) is 4.87. The fraction of sp³-hybridized carbons (Fsp3) is 0.667. The van der Waals surface area contributed by atoms with E-state index < -0.39 is 0 Å². The quantitative estimate of drug-likeness (QED) is 0.912. The summed E-state index contributed by atoms with van der Waals surface area (Å²) in [6.07, 6.45) is 6.10. The van der Waals surface area contributed by atoms with Crippen molar-refractivity contribution in [2.75, 3.05) is 14.1 Å². The van der Waals surface area contributed by atoms with Gasteiger partial charge in [0, 0.05) is 11.6 Å². The second-order valence-electron chi connectivity index (χ2n) is 7.00. The standard InChI is InChI=1S/C18H30N2/c1-14-7-9-16(10-8-14)12-17(19)18(20(3)4)11-5-6-15(2)13-18/h7-10,15,17H,5-6,11-13,19H2,1-4H3. The Morgan fingerprint density at radius 1 is 1.30 bits per heavy atom. The Hall–Kier alpha value is -0.860. The van der Waals surface area contributed by atoms with Crippen molar-refractivity contribution in [1.82, 2.24) is 4.90 Å². The zero-order valence-corrected chi connectivity index (χ0v) is 13.5. The molecule has 2 rings (SSSR count). The molecule has 3 atom stereocenters. The molecule has 0 radical (unpaired) electrons. The third-order valence-corrected chi connectivity index (χ3v) is 5.17. The van der Waals surface area contributed by atoms with Crippen molar-refractivity contribution in [2.45, 2.75) is 57.5 Å². The highest BCUT2D eigenvalue weighted by molar-refractivity contribution is 5.23. The summed E-state index contributed by atoms with van der Waals surface area (Å²) in [5.41, 5.74) is 9.52. The summed E-state index contributed by atoms with van der Waals surface area (Å²) in [5, 5.41) is 0. The molecular weight excluding hydrogens is 244 g/mol. The van der Waals surface area contributed by atoms with Crippen LogP contribution in [0.5, 0.6) is 0 Å². The molecule has 0 aromatic heterocycles. The van der Waals surface area contributed by atoms with Crippen LogP contribution < -0.4 is 5.73 Å². The van der Waals surface area contributed by atoms with Gasteiger partial charge in [0.05, 0.1) is 0 Å². The summed E-state index contributed by atoms with van der Waals surface area (Å²) in [5.74, 6) is 0.787. The van der Waals surface area contributed by atoms with Gasteiger partial charge in [-0.2, -0.15) is 0 Å². The predicted molar refractivity (Wildman–Crippen MR) is 86.9 cm³/mol. The lowest BCUT2D eigenvalue weighted by molar-refractivity contribution is 0.0504. The Bertz CT molecular complexity index is 424. The van der Waals surface area contributed by atoms with E-state index in [2.05, 4.69) is 57.1 Å². The maximum absolute atomic E-state index is 6.67. The number of rotatable bonds is 4. The molecule has 0 spiro atoms. The van der Waals surface area contributed by atoms with Gasteiger partial charge in [-0.15, -0.1) is 0 Å². The molecule has 1 aliphatic carbocycles. The third kappa shape index (κ3) is 3.24. The molecule has 3 unspecified atom stereocenters. The number of hydrogen-bond donors (Lipinski definition) is 1. The minimum absolute atomic E-state index is 0.169. The van der Waals surface area contributed by atoms with Crippen molar-refractivity contribution in [3.05, 3.63) is 35.4 Å². The average molecular weight is 274 g/mol. The first-order valence-electron chi connectivity index (χ1n) is 7.92. The van der Waals surface area contributed by atoms with Crippen molar-refractivity contribution in [2.24, 2.45) is 11.7 Å². The molecule has 2 heteroatoms. The number of aryl methyl sites for hydroxylation is 1. The maximum Gasteiger partial charge on any atom is 0.0360 e. The van der Waals surface area contributed by atoms with Crippen LogP contribution in [0.2, 0.25) is 0 Å². The molecule has 1 saturated carbocycles. The highest BCUT2D eigenvalue weighted by Gasteiger charge is 2.41. The molecular formula is C18H30N2. The van der Waals surface area contributed by atoms with Gasteiger partial charge in [-0.3, -0.25) is 0 Å². The second-order valence-corrected chi connectivity index (χ2v) is 7.00.